The van der Waals surface area contributed by atoms with Crippen LogP contribution in [0, 0.1) is 5.41 Å². The molecule has 2 heterocycles. The van der Waals surface area contributed by atoms with Crippen molar-refractivity contribution in [2.45, 2.75) is 70.6 Å². The number of halogens is 3. The van der Waals surface area contributed by atoms with Gasteiger partial charge in [0.25, 0.3) is 0 Å². The van der Waals surface area contributed by atoms with Gasteiger partial charge in [0.15, 0.2) is 0 Å². The average Bonchev–Trinajstić information content (AvgIpc) is 3.25. The van der Waals surface area contributed by atoms with E-state index in [1.165, 1.54) is 12.0 Å². The summed E-state index contributed by atoms with van der Waals surface area (Å²) in [6.07, 6.45) is -6.63. The minimum absolute atomic E-state index is 0.0200. The molecule has 2 saturated heterocycles. The van der Waals surface area contributed by atoms with Crippen molar-refractivity contribution in [3.05, 3.63) is 29.8 Å². The molecule has 8 nitrogen and oxygen atoms in total. The summed E-state index contributed by atoms with van der Waals surface area (Å²) in [4.78, 5) is 28.2. The molecule has 2 fully saturated rings. The van der Waals surface area contributed by atoms with E-state index in [1.807, 2.05) is 20.8 Å². The highest BCUT2D eigenvalue weighted by Gasteiger charge is 2.48. The number of likely N-dealkylation sites (tertiary alicyclic amines) is 1. The number of methoxy groups -OCH3 is 1. The zero-order valence-corrected chi connectivity index (χ0v) is 22.1. The van der Waals surface area contributed by atoms with Crippen molar-refractivity contribution in [1.82, 2.24) is 9.80 Å². The van der Waals surface area contributed by atoms with Crippen LogP contribution in [-0.2, 0) is 25.6 Å². The molecule has 2 aliphatic rings. The van der Waals surface area contributed by atoms with Crippen LogP contribution in [0.3, 0.4) is 0 Å². The van der Waals surface area contributed by atoms with Gasteiger partial charge in [-0.2, -0.15) is 13.2 Å². The Labute approximate surface area is 216 Å². The molecule has 2 amide bonds. The van der Waals surface area contributed by atoms with Crippen LogP contribution in [-0.4, -0.2) is 86.2 Å². The number of nitrogens with zero attached hydrogens (tertiary/aromatic N) is 2. The molecular weight excluding hydrogens is 493 g/mol. The second-order valence-corrected chi connectivity index (χ2v) is 10.8. The normalized spacial score (nSPS) is 20.5. The zero-order chi connectivity index (χ0) is 27.4. The van der Waals surface area contributed by atoms with E-state index in [0.29, 0.717) is 37.2 Å². The van der Waals surface area contributed by atoms with Gasteiger partial charge in [0.2, 0.25) is 12.0 Å². The summed E-state index contributed by atoms with van der Waals surface area (Å²) in [5, 5.41) is 0. The van der Waals surface area contributed by atoms with E-state index in [9.17, 15) is 22.8 Å². The van der Waals surface area contributed by atoms with E-state index >= 15 is 0 Å². The molecule has 0 aromatic heterocycles. The van der Waals surface area contributed by atoms with E-state index in [-0.39, 0.29) is 31.6 Å². The quantitative estimate of drug-likeness (QED) is 0.520. The molecule has 3 rings (SSSR count). The third-order valence-corrected chi connectivity index (χ3v) is 6.94. The van der Waals surface area contributed by atoms with Crippen molar-refractivity contribution in [3.8, 4) is 5.75 Å². The Morgan fingerprint density at radius 1 is 1.16 bits per heavy atom. The molecule has 1 aromatic carbocycles. The van der Waals surface area contributed by atoms with Gasteiger partial charge in [-0.3, -0.25) is 4.79 Å². The summed E-state index contributed by atoms with van der Waals surface area (Å²) in [5.74, 6) is 0.643. The lowest BCUT2D eigenvalue weighted by Crippen LogP contribution is -2.49. The average molecular weight is 531 g/mol. The maximum absolute atomic E-state index is 13.5. The van der Waals surface area contributed by atoms with Gasteiger partial charge >= 0.3 is 12.3 Å². The summed E-state index contributed by atoms with van der Waals surface area (Å²) in [7, 11) is 3.28. The molecule has 0 saturated carbocycles. The van der Waals surface area contributed by atoms with E-state index in [2.05, 4.69) is 0 Å². The van der Waals surface area contributed by atoms with Crippen molar-refractivity contribution < 1.29 is 41.7 Å². The number of carbonyl (C=O) groups excluding carboxylic acids is 2. The zero-order valence-electron chi connectivity index (χ0n) is 22.1. The van der Waals surface area contributed by atoms with Crippen molar-refractivity contribution in [3.63, 3.8) is 0 Å². The predicted molar refractivity (Wildman–Crippen MR) is 129 cm³/mol. The van der Waals surface area contributed by atoms with Gasteiger partial charge < -0.3 is 28.7 Å². The van der Waals surface area contributed by atoms with Crippen molar-refractivity contribution >= 4 is 12.0 Å². The fourth-order valence-corrected chi connectivity index (χ4v) is 4.61. The minimum atomic E-state index is -4.77. The van der Waals surface area contributed by atoms with Gasteiger partial charge in [0.1, 0.15) is 5.75 Å². The van der Waals surface area contributed by atoms with Crippen LogP contribution in [0.25, 0.3) is 0 Å². The number of rotatable bonds is 7. The van der Waals surface area contributed by atoms with Crippen LogP contribution in [0.5, 0.6) is 5.75 Å². The highest BCUT2D eigenvalue weighted by atomic mass is 19.4. The summed E-state index contributed by atoms with van der Waals surface area (Å²) in [6, 6.07) is 6.65. The Morgan fingerprint density at radius 3 is 2.32 bits per heavy atom. The van der Waals surface area contributed by atoms with E-state index in [0.717, 1.165) is 0 Å². The first-order valence-corrected chi connectivity index (χ1v) is 12.4. The van der Waals surface area contributed by atoms with Crippen LogP contribution in [0.1, 0.15) is 45.6 Å². The highest BCUT2D eigenvalue weighted by molar-refractivity contribution is 5.81. The summed E-state index contributed by atoms with van der Waals surface area (Å²) >= 11 is 0. The maximum Gasteiger partial charge on any atom is 0.427 e. The molecular formula is C26H37F3N2O6. The predicted octanol–water partition coefficient (Wildman–Crippen LogP) is 4.41. The number of carbonyl (C=O) groups is 2. The lowest BCUT2D eigenvalue weighted by atomic mass is 9.86. The molecule has 208 valence electrons. The minimum Gasteiger partial charge on any atom is -0.497 e. The molecule has 0 N–H and O–H groups in total. The molecule has 0 aliphatic carbocycles. The second kappa shape index (κ2) is 11.5. The van der Waals surface area contributed by atoms with Gasteiger partial charge in [0, 0.05) is 25.6 Å². The maximum atomic E-state index is 13.5. The Hall–Kier alpha value is -2.53. The molecule has 0 radical (unpaired) electrons. The molecule has 2 atom stereocenters. The number of hydrogen-bond donors (Lipinski definition) is 0. The lowest BCUT2D eigenvalue weighted by Gasteiger charge is -2.39. The number of likely N-dealkylation sites (N-methyl/N-ethyl adjacent to an activating group) is 1. The summed E-state index contributed by atoms with van der Waals surface area (Å²) in [5.41, 5.74) is -0.344. The number of alkyl halides is 3. The Balaban J connectivity index is 1.49. The van der Waals surface area contributed by atoms with Crippen LogP contribution in [0.2, 0.25) is 0 Å². The first-order chi connectivity index (χ1) is 17.2. The van der Waals surface area contributed by atoms with E-state index in [1.54, 1.807) is 36.2 Å². The molecule has 37 heavy (non-hydrogen) atoms. The van der Waals surface area contributed by atoms with Crippen molar-refractivity contribution in [2.75, 3.05) is 40.5 Å². The molecule has 1 unspecified atom stereocenters. The standard InChI is InChI=1S/C26H37F3N2O6/c1-24(2,3)22(32)30(4)19-14-25(36-16-19)10-12-31(13-11-25)23(33)37-21(26(27,28)29)17-35-15-18-6-8-20(34-5)9-7-18/h6-9,19,21H,10-17H2,1-5H3/t19-,21?/m1/s1. The smallest absolute Gasteiger partial charge is 0.427 e. The van der Waals surface area contributed by atoms with Gasteiger partial charge in [-0.25, -0.2) is 4.79 Å². The van der Waals surface area contributed by atoms with Crippen molar-refractivity contribution in [1.29, 1.82) is 0 Å². The Morgan fingerprint density at radius 2 is 1.78 bits per heavy atom. The molecule has 1 aromatic rings. The first-order valence-electron chi connectivity index (χ1n) is 12.4. The van der Waals surface area contributed by atoms with Gasteiger partial charge in [-0.05, 0) is 37.0 Å². The van der Waals surface area contributed by atoms with Gasteiger partial charge in [-0.1, -0.05) is 32.9 Å². The molecule has 1 spiro atoms. The third kappa shape index (κ3) is 7.50. The highest BCUT2D eigenvalue weighted by Crippen LogP contribution is 2.38. The lowest BCUT2D eigenvalue weighted by molar-refractivity contribution is -0.220. The first kappa shape index (κ1) is 29.0. The molecule has 11 heteroatoms. The third-order valence-electron chi connectivity index (χ3n) is 6.94. The molecule has 0 bridgehead atoms. The van der Waals surface area contributed by atoms with Crippen LogP contribution >= 0.6 is 0 Å². The summed E-state index contributed by atoms with van der Waals surface area (Å²) in [6.45, 7) is 5.52. The largest absolute Gasteiger partial charge is 0.497 e. The number of ether oxygens (including phenoxy) is 4. The number of piperidine rings is 1. The Bertz CT molecular complexity index is 924. The fraction of sp³-hybridized carbons (Fsp3) is 0.692. The van der Waals surface area contributed by atoms with Crippen molar-refractivity contribution in [2.24, 2.45) is 5.41 Å². The SMILES string of the molecule is COc1ccc(COCC(OC(=O)N2CCC3(CC2)C[C@@H](N(C)C(=O)C(C)(C)C)CO3)C(F)(F)F)cc1. The fourth-order valence-electron chi connectivity index (χ4n) is 4.61. The second-order valence-electron chi connectivity index (χ2n) is 10.8. The monoisotopic (exact) mass is 530 g/mol. The number of benzene rings is 1. The topological polar surface area (TPSA) is 77.5 Å². The Kier molecular flexibility index (Phi) is 9.00. The number of hydrogen-bond acceptors (Lipinski definition) is 6. The van der Waals surface area contributed by atoms with Crippen LogP contribution in [0.4, 0.5) is 18.0 Å². The van der Waals surface area contributed by atoms with E-state index < -0.39 is 36.0 Å². The van der Waals surface area contributed by atoms with Gasteiger partial charge in [0.05, 0.1) is 38.6 Å². The van der Waals surface area contributed by atoms with Gasteiger partial charge in [-0.15, -0.1) is 0 Å². The number of amides is 2. The molecule has 2 aliphatic heterocycles. The van der Waals surface area contributed by atoms with Crippen LogP contribution < -0.4 is 4.74 Å². The van der Waals surface area contributed by atoms with Crippen LogP contribution in [0.15, 0.2) is 24.3 Å². The van der Waals surface area contributed by atoms with E-state index in [4.69, 9.17) is 18.9 Å². The summed E-state index contributed by atoms with van der Waals surface area (Å²) < 4.78 is 61.8.